The molecular formula is C38H31ClN4O6S. The second-order valence-electron chi connectivity index (χ2n) is 10.9. The lowest BCUT2D eigenvalue weighted by molar-refractivity contribution is -0.385. The van der Waals surface area contributed by atoms with E-state index >= 15 is 0 Å². The zero-order chi connectivity index (χ0) is 35.6. The van der Waals surface area contributed by atoms with Crippen LogP contribution in [0.1, 0.15) is 32.3 Å². The molecule has 0 aliphatic rings. The van der Waals surface area contributed by atoms with Crippen LogP contribution >= 0.6 is 23.4 Å². The number of halogens is 1. The van der Waals surface area contributed by atoms with Crippen LogP contribution in [0.3, 0.4) is 0 Å². The molecular weight excluding hydrogens is 676 g/mol. The van der Waals surface area contributed by atoms with Gasteiger partial charge in [0.1, 0.15) is 16.7 Å². The smallest absolute Gasteiger partial charge is 0.276 e. The summed E-state index contributed by atoms with van der Waals surface area (Å²) in [5.41, 5.74) is 2.46. The minimum absolute atomic E-state index is 0.138. The normalized spacial score (nSPS) is 11.6. The Kier molecular flexibility index (Phi) is 11.7. The third-order valence-electron chi connectivity index (χ3n) is 7.41. The summed E-state index contributed by atoms with van der Waals surface area (Å²) in [5, 5.41) is 19.8. The van der Waals surface area contributed by atoms with E-state index in [4.69, 9.17) is 16.3 Å². The molecule has 0 saturated carbocycles. The average Bonchev–Trinajstić information content (AvgIpc) is 3.13. The number of para-hydroxylation sites is 1. The number of aryl methyl sites for hydroxylation is 1. The molecule has 0 aromatic heterocycles. The SMILES string of the molecule is COc1cc(Cl)c(C)cc1NC(=O)C(Sc1ccc(NC(=O)/C(=C/c2ccccc2[N+](=O)[O-])NC(=O)c2ccccc2)cc1)c1ccccc1. The molecule has 3 N–H and O–H groups in total. The Morgan fingerprint density at radius 1 is 0.860 bits per heavy atom. The number of amides is 3. The molecule has 0 radical (unpaired) electrons. The van der Waals surface area contributed by atoms with Crippen LogP contribution < -0.4 is 20.7 Å². The lowest BCUT2D eigenvalue weighted by Crippen LogP contribution is -2.30. The van der Waals surface area contributed by atoms with Gasteiger partial charge in [0.2, 0.25) is 5.91 Å². The Morgan fingerprint density at radius 3 is 2.16 bits per heavy atom. The molecule has 0 saturated heterocycles. The number of methoxy groups -OCH3 is 1. The molecule has 0 spiro atoms. The first-order valence-electron chi connectivity index (χ1n) is 15.2. The zero-order valence-electron chi connectivity index (χ0n) is 26.9. The molecule has 50 heavy (non-hydrogen) atoms. The lowest BCUT2D eigenvalue weighted by Gasteiger charge is -2.19. The number of nitro groups is 1. The number of anilines is 2. The van der Waals surface area contributed by atoms with E-state index < -0.39 is 22.0 Å². The molecule has 1 unspecified atom stereocenters. The first-order chi connectivity index (χ1) is 24.1. The van der Waals surface area contributed by atoms with E-state index in [0.29, 0.717) is 27.7 Å². The number of hydrogen-bond donors (Lipinski definition) is 3. The van der Waals surface area contributed by atoms with Crippen molar-refractivity contribution >= 4 is 64.2 Å². The van der Waals surface area contributed by atoms with Gasteiger partial charge in [0.15, 0.2) is 0 Å². The number of hydrogen-bond acceptors (Lipinski definition) is 7. The Balaban J connectivity index is 1.37. The highest BCUT2D eigenvalue weighted by atomic mass is 35.5. The van der Waals surface area contributed by atoms with Crippen LogP contribution in [-0.2, 0) is 9.59 Å². The fourth-order valence-electron chi connectivity index (χ4n) is 4.85. The van der Waals surface area contributed by atoms with Crippen LogP contribution in [0.4, 0.5) is 17.1 Å². The van der Waals surface area contributed by atoms with Crippen LogP contribution in [0.2, 0.25) is 5.02 Å². The molecule has 0 fully saturated rings. The largest absolute Gasteiger partial charge is 0.495 e. The molecule has 0 aliphatic heterocycles. The molecule has 0 bridgehead atoms. The Bertz CT molecular complexity index is 2060. The number of rotatable bonds is 12. The maximum atomic E-state index is 13.7. The van der Waals surface area contributed by atoms with Crippen molar-refractivity contribution in [2.45, 2.75) is 17.1 Å². The van der Waals surface area contributed by atoms with Gasteiger partial charge >= 0.3 is 0 Å². The van der Waals surface area contributed by atoms with Gasteiger partial charge in [-0.25, -0.2) is 0 Å². The van der Waals surface area contributed by atoms with E-state index in [1.54, 1.807) is 72.8 Å². The zero-order valence-corrected chi connectivity index (χ0v) is 28.5. The summed E-state index contributed by atoms with van der Waals surface area (Å²) >= 11 is 7.57. The highest BCUT2D eigenvalue weighted by Gasteiger charge is 2.24. The van der Waals surface area contributed by atoms with Gasteiger partial charge in [-0.2, -0.15) is 0 Å². The van der Waals surface area contributed by atoms with Gasteiger partial charge in [0, 0.05) is 33.3 Å². The number of benzene rings is 5. The predicted octanol–water partition coefficient (Wildman–Crippen LogP) is 8.45. The number of carbonyl (C=O) groups is 3. The maximum Gasteiger partial charge on any atom is 0.276 e. The fraction of sp³-hybridized carbons (Fsp3) is 0.0789. The molecule has 12 heteroatoms. The summed E-state index contributed by atoms with van der Waals surface area (Å²) in [6, 6.07) is 33.7. The predicted molar refractivity (Wildman–Crippen MR) is 196 cm³/mol. The second kappa shape index (κ2) is 16.5. The number of thioether (sulfide) groups is 1. The molecule has 1 atom stereocenters. The number of carbonyl (C=O) groups excluding carboxylic acids is 3. The molecule has 5 aromatic carbocycles. The van der Waals surface area contributed by atoms with Gasteiger partial charge in [-0.3, -0.25) is 24.5 Å². The van der Waals surface area contributed by atoms with Crippen molar-refractivity contribution in [3.8, 4) is 5.75 Å². The highest BCUT2D eigenvalue weighted by Crippen LogP contribution is 2.38. The quantitative estimate of drug-likeness (QED) is 0.0512. The van der Waals surface area contributed by atoms with Crippen LogP contribution in [0.5, 0.6) is 5.75 Å². The first-order valence-corrected chi connectivity index (χ1v) is 16.5. The van der Waals surface area contributed by atoms with Crippen LogP contribution in [-0.4, -0.2) is 29.8 Å². The van der Waals surface area contributed by atoms with E-state index in [-0.39, 0.29) is 22.9 Å². The summed E-state index contributed by atoms with van der Waals surface area (Å²) in [4.78, 5) is 52.1. The summed E-state index contributed by atoms with van der Waals surface area (Å²) in [6.07, 6.45) is 1.26. The van der Waals surface area contributed by atoms with Crippen molar-refractivity contribution in [3.63, 3.8) is 0 Å². The first kappa shape index (κ1) is 35.4. The maximum absolute atomic E-state index is 13.7. The molecule has 0 aliphatic carbocycles. The highest BCUT2D eigenvalue weighted by molar-refractivity contribution is 8.00. The summed E-state index contributed by atoms with van der Waals surface area (Å²) in [5.74, 6) is -1.10. The van der Waals surface area contributed by atoms with Gasteiger partial charge in [-0.05, 0) is 72.7 Å². The monoisotopic (exact) mass is 706 g/mol. The van der Waals surface area contributed by atoms with Crippen molar-refractivity contribution in [2.24, 2.45) is 0 Å². The van der Waals surface area contributed by atoms with Crippen molar-refractivity contribution < 1.29 is 24.0 Å². The Morgan fingerprint density at radius 2 is 1.50 bits per heavy atom. The molecule has 5 rings (SSSR count). The standard InChI is InChI=1S/C38H31ClN4O6S/c1-24-21-31(34(49-2)23-30(24)39)41-38(46)35(25-11-5-3-6-12-25)50-29-19-17-28(18-20-29)40-37(45)32(42-36(44)26-13-7-4-8-14-26)22-27-15-9-10-16-33(27)43(47)48/h3-23,35H,1-2H3,(H,40,45)(H,41,46)(H,42,44)/b32-22-. The topological polar surface area (TPSA) is 140 Å². The van der Waals surface area contributed by atoms with Gasteiger partial charge in [-0.1, -0.05) is 72.3 Å². The number of nitrogens with zero attached hydrogens (tertiary/aromatic N) is 1. The van der Waals surface area contributed by atoms with Crippen molar-refractivity contribution in [3.05, 3.63) is 164 Å². The van der Waals surface area contributed by atoms with Gasteiger partial charge < -0.3 is 20.7 Å². The van der Waals surface area contributed by atoms with E-state index in [1.165, 1.54) is 43.1 Å². The van der Waals surface area contributed by atoms with E-state index in [9.17, 15) is 24.5 Å². The number of nitrogens with one attached hydrogen (secondary N) is 3. The molecule has 3 amide bonds. The molecule has 0 heterocycles. The lowest BCUT2D eigenvalue weighted by atomic mass is 10.1. The third kappa shape index (κ3) is 8.95. The van der Waals surface area contributed by atoms with Gasteiger partial charge in [-0.15, -0.1) is 11.8 Å². The van der Waals surface area contributed by atoms with Crippen LogP contribution in [0.15, 0.2) is 132 Å². The molecule has 10 nitrogen and oxygen atoms in total. The van der Waals surface area contributed by atoms with Crippen molar-refractivity contribution in [2.75, 3.05) is 17.7 Å². The summed E-state index contributed by atoms with van der Waals surface area (Å²) < 4.78 is 5.44. The van der Waals surface area contributed by atoms with Crippen LogP contribution in [0, 0.1) is 17.0 Å². The van der Waals surface area contributed by atoms with Gasteiger partial charge in [0.25, 0.3) is 17.5 Å². The van der Waals surface area contributed by atoms with Crippen LogP contribution in [0.25, 0.3) is 6.08 Å². The van der Waals surface area contributed by atoms with Crippen molar-refractivity contribution in [1.29, 1.82) is 0 Å². The fourth-order valence-corrected chi connectivity index (χ4v) is 6.03. The number of nitro benzene ring substituents is 1. The van der Waals surface area contributed by atoms with Crippen molar-refractivity contribution in [1.82, 2.24) is 5.32 Å². The van der Waals surface area contributed by atoms with E-state index in [2.05, 4.69) is 16.0 Å². The number of ether oxygens (including phenoxy) is 1. The molecule has 252 valence electrons. The van der Waals surface area contributed by atoms with Gasteiger partial charge in [0.05, 0.1) is 23.3 Å². The third-order valence-corrected chi connectivity index (χ3v) is 9.08. The van der Waals surface area contributed by atoms with E-state index in [1.807, 2.05) is 37.3 Å². The Hall–Kier alpha value is -5.91. The summed E-state index contributed by atoms with van der Waals surface area (Å²) in [7, 11) is 1.50. The Labute approximate surface area is 297 Å². The minimum Gasteiger partial charge on any atom is -0.495 e. The summed E-state index contributed by atoms with van der Waals surface area (Å²) in [6.45, 7) is 1.84. The second-order valence-corrected chi connectivity index (χ2v) is 12.5. The minimum atomic E-state index is -0.693. The van der Waals surface area contributed by atoms with E-state index in [0.717, 1.165) is 16.0 Å². The molecule has 5 aromatic rings. The average molecular weight is 707 g/mol.